The van der Waals surface area contributed by atoms with Gasteiger partial charge in [-0.3, -0.25) is 0 Å². The third kappa shape index (κ3) is 8.16. The monoisotopic (exact) mass is 1010 g/mol. The molecule has 0 bridgehead atoms. The lowest BCUT2D eigenvalue weighted by Crippen LogP contribution is -2.10. The van der Waals surface area contributed by atoms with Crippen molar-refractivity contribution in [3.63, 3.8) is 0 Å². The number of hydrogen-bond donors (Lipinski definition) is 0. The van der Waals surface area contributed by atoms with Crippen LogP contribution in [-0.2, 0) is 0 Å². The van der Waals surface area contributed by atoms with Gasteiger partial charge in [0.25, 0.3) is 0 Å². The molecule has 0 aliphatic rings. The fraction of sp³-hybridized carbons (Fsp3) is 0. The smallest absolute Gasteiger partial charge is 0.159 e. The van der Waals surface area contributed by atoms with Crippen LogP contribution in [0.5, 0.6) is 0 Å². The number of benzene rings is 13. The minimum atomic E-state index is 0.845. The van der Waals surface area contributed by atoms with E-state index in [2.05, 4.69) is 313 Å². The fourth-order valence-corrected chi connectivity index (χ4v) is 11.9. The van der Waals surface area contributed by atoms with Crippen molar-refractivity contribution < 1.29 is 4.42 Å². The summed E-state index contributed by atoms with van der Waals surface area (Å²) in [6.07, 6.45) is 0. The Hall–Kier alpha value is -10.5. The highest BCUT2D eigenvalue weighted by Crippen LogP contribution is 2.47. The molecule has 3 heteroatoms. The molecule has 79 heavy (non-hydrogen) atoms. The highest BCUT2D eigenvalue weighted by molar-refractivity contribution is 6.24. The van der Waals surface area contributed by atoms with Gasteiger partial charge < -0.3 is 13.9 Å². The van der Waals surface area contributed by atoms with Gasteiger partial charge >= 0.3 is 0 Å². The van der Waals surface area contributed by atoms with E-state index >= 15 is 0 Å². The van der Waals surface area contributed by atoms with Gasteiger partial charge in [0.05, 0.1) is 16.7 Å². The van der Waals surface area contributed by atoms with Gasteiger partial charge in [-0.05, 0) is 139 Å². The molecule has 15 aromatic rings. The lowest BCUT2D eigenvalue weighted by atomic mass is 9.96. The number of nitrogens with zero attached hydrogens (tertiary/aromatic N) is 2. The second kappa shape index (κ2) is 19.3. The summed E-state index contributed by atoms with van der Waals surface area (Å²) in [5, 5.41) is 7.06. The van der Waals surface area contributed by atoms with Crippen LogP contribution in [0.25, 0.3) is 127 Å². The first-order chi connectivity index (χ1) is 39.2. The zero-order chi connectivity index (χ0) is 52.2. The van der Waals surface area contributed by atoms with Gasteiger partial charge in [-0.15, -0.1) is 0 Å². The first-order valence-corrected chi connectivity index (χ1v) is 27.1. The van der Waals surface area contributed by atoms with Crippen LogP contribution in [0.4, 0.5) is 17.1 Å². The largest absolute Gasteiger partial charge is 0.453 e. The quantitative estimate of drug-likeness (QED) is 0.136. The SMILES string of the molecule is c1ccc(-c2ccc(N(c3ccc(-c4ccc(-c5ccc(-c6ccc7c(c6)c6ccccc6n7-c6ccc(-c7ccccc7)cc6)cc5)cc4)cc3)c3cccc4c3oc3c(-c5ccccc5)cc5ccccc5c34)cc2)cc1. The van der Waals surface area contributed by atoms with Gasteiger partial charge in [0.15, 0.2) is 5.58 Å². The van der Waals surface area contributed by atoms with Crippen LogP contribution in [0.3, 0.4) is 0 Å². The second-order valence-electron chi connectivity index (χ2n) is 20.4. The normalized spacial score (nSPS) is 11.5. The molecule has 0 amide bonds. The van der Waals surface area contributed by atoms with Crippen molar-refractivity contribution in [2.75, 3.05) is 4.90 Å². The summed E-state index contributed by atoms with van der Waals surface area (Å²) in [7, 11) is 0. The molecule has 13 aromatic carbocycles. The van der Waals surface area contributed by atoms with E-state index in [0.717, 1.165) is 66.9 Å². The highest BCUT2D eigenvalue weighted by atomic mass is 16.3. The third-order valence-corrected chi connectivity index (χ3v) is 15.8. The van der Waals surface area contributed by atoms with Crippen LogP contribution < -0.4 is 4.90 Å². The first-order valence-electron chi connectivity index (χ1n) is 27.1. The molecule has 0 aliphatic carbocycles. The topological polar surface area (TPSA) is 21.3 Å². The number of aromatic nitrogens is 1. The van der Waals surface area contributed by atoms with Crippen LogP contribution in [0.1, 0.15) is 0 Å². The molecule has 15 rings (SSSR count). The summed E-state index contributed by atoms with van der Waals surface area (Å²) in [4.78, 5) is 2.34. The molecule has 0 unspecified atom stereocenters. The van der Waals surface area contributed by atoms with E-state index in [1.807, 2.05) is 0 Å². The van der Waals surface area contributed by atoms with Crippen molar-refractivity contribution in [3.8, 4) is 72.4 Å². The molecule has 2 aromatic heterocycles. The lowest BCUT2D eigenvalue weighted by Gasteiger charge is -2.26. The third-order valence-electron chi connectivity index (χ3n) is 15.8. The van der Waals surface area contributed by atoms with E-state index in [-0.39, 0.29) is 0 Å². The maximum atomic E-state index is 7.18. The maximum Gasteiger partial charge on any atom is 0.159 e. The fourth-order valence-electron chi connectivity index (χ4n) is 11.9. The van der Waals surface area contributed by atoms with Crippen molar-refractivity contribution in [2.24, 2.45) is 0 Å². The molecule has 370 valence electrons. The molecule has 0 radical (unpaired) electrons. The Morgan fingerprint density at radius 2 is 0.684 bits per heavy atom. The van der Waals surface area contributed by atoms with Crippen LogP contribution in [0, 0.1) is 0 Å². The van der Waals surface area contributed by atoms with Crippen molar-refractivity contribution in [1.29, 1.82) is 0 Å². The highest BCUT2D eigenvalue weighted by Gasteiger charge is 2.23. The van der Waals surface area contributed by atoms with Crippen LogP contribution in [-0.4, -0.2) is 4.57 Å². The van der Waals surface area contributed by atoms with Crippen molar-refractivity contribution >= 4 is 71.6 Å². The Balaban J connectivity index is 0.739. The average molecular weight is 1010 g/mol. The van der Waals surface area contributed by atoms with E-state index in [4.69, 9.17) is 4.42 Å². The van der Waals surface area contributed by atoms with Gasteiger partial charge in [0.2, 0.25) is 0 Å². The average Bonchev–Trinajstić information content (AvgIpc) is 4.21. The Morgan fingerprint density at radius 1 is 0.266 bits per heavy atom. The van der Waals surface area contributed by atoms with E-state index < -0.39 is 0 Å². The number of anilines is 3. The van der Waals surface area contributed by atoms with E-state index in [1.54, 1.807) is 0 Å². The molecule has 2 heterocycles. The molecule has 0 spiro atoms. The predicted molar refractivity (Wildman–Crippen MR) is 333 cm³/mol. The zero-order valence-electron chi connectivity index (χ0n) is 43.2. The molecular weight excluding hydrogens is 957 g/mol. The molecule has 3 nitrogen and oxygen atoms in total. The summed E-state index contributed by atoms with van der Waals surface area (Å²) in [6.45, 7) is 0. The van der Waals surface area contributed by atoms with Crippen molar-refractivity contribution in [2.45, 2.75) is 0 Å². The van der Waals surface area contributed by atoms with Gasteiger partial charge in [-0.25, -0.2) is 0 Å². The van der Waals surface area contributed by atoms with Gasteiger partial charge in [0.1, 0.15) is 5.58 Å². The van der Waals surface area contributed by atoms with E-state index in [0.29, 0.717) is 0 Å². The molecule has 0 N–H and O–H groups in total. The number of furan rings is 1. The number of hydrogen-bond acceptors (Lipinski definition) is 2. The van der Waals surface area contributed by atoms with Gasteiger partial charge in [-0.2, -0.15) is 0 Å². The van der Waals surface area contributed by atoms with Gasteiger partial charge in [0, 0.05) is 44.2 Å². The number of rotatable bonds is 10. The summed E-state index contributed by atoms with van der Waals surface area (Å²) in [6, 6.07) is 109. The number of para-hydroxylation sites is 2. The second-order valence-corrected chi connectivity index (χ2v) is 20.4. The first kappa shape index (κ1) is 45.9. The molecule has 0 aliphatic heterocycles. The summed E-state index contributed by atoms with van der Waals surface area (Å²) < 4.78 is 9.57. The lowest BCUT2D eigenvalue weighted by molar-refractivity contribution is 0.670. The predicted octanol–water partition coefficient (Wildman–Crippen LogP) is 21.3. The van der Waals surface area contributed by atoms with Crippen LogP contribution in [0.2, 0.25) is 0 Å². The summed E-state index contributed by atoms with van der Waals surface area (Å²) >= 11 is 0. The van der Waals surface area contributed by atoms with Crippen LogP contribution >= 0.6 is 0 Å². The molecule has 0 saturated carbocycles. The Morgan fingerprint density at radius 3 is 1.25 bits per heavy atom. The standard InChI is InChI=1S/C76H50N2O/c1-4-15-51(16-5-1)56-35-42-63(43-36-56)77(73-26-14-24-68-74-66-22-11-10-21-62(66)50-69(76(74)79-75(68)73)60-19-8-3-9-20-60)64-44-37-58(38-45-64)55-29-27-53(28-30-55)54-31-33-59(34-32-54)61-41-48-72-70(49-61)67-23-12-13-25-71(67)78(72)65-46-39-57(40-47-65)52-17-6-2-7-18-52/h1-50H. The number of fused-ring (bicyclic) bond motifs is 8. The summed E-state index contributed by atoms with van der Waals surface area (Å²) in [5.74, 6) is 0. The molecule has 0 atom stereocenters. The molecule has 0 saturated heterocycles. The Labute approximate surface area is 458 Å². The Kier molecular flexibility index (Phi) is 11.2. The Bertz CT molecular complexity index is 4690. The van der Waals surface area contributed by atoms with Crippen molar-refractivity contribution in [1.82, 2.24) is 4.57 Å². The minimum Gasteiger partial charge on any atom is -0.453 e. The van der Waals surface area contributed by atoms with Crippen molar-refractivity contribution in [3.05, 3.63) is 303 Å². The minimum absolute atomic E-state index is 0.845. The summed E-state index contributed by atoms with van der Waals surface area (Å²) in [5.41, 5.74) is 22.4. The molecule has 0 fully saturated rings. The molecular formula is C76H50N2O. The maximum absolute atomic E-state index is 7.18. The van der Waals surface area contributed by atoms with E-state index in [9.17, 15) is 0 Å². The van der Waals surface area contributed by atoms with Crippen LogP contribution in [0.15, 0.2) is 308 Å². The van der Waals surface area contributed by atoms with Gasteiger partial charge in [-0.1, -0.05) is 237 Å². The zero-order valence-corrected chi connectivity index (χ0v) is 43.2. The van der Waals surface area contributed by atoms with E-state index in [1.165, 1.54) is 77.1 Å².